The Morgan fingerprint density at radius 1 is 1.35 bits per heavy atom. The van der Waals surface area contributed by atoms with Crippen LogP contribution in [0.5, 0.6) is 0 Å². The highest BCUT2D eigenvalue weighted by Gasteiger charge is 2.35. The van der Waals surface area contributed by atoms with E-state index in [-0.39, 0.29) is 6.17 Å². The molecule has 0 radical (unpaired) electrons. The van der Waals surface area contributed by atoms with Gasteiger partial charge in [0, 0.05) is 5.41 Å². The Morgan fingerprint density at radius 2 is 2.00 bits per heavy atom. The highest BCUT2D eigenvalue weighted by molar-refractivity contribution is 6.64. The molecule has 1 aliphatic heterocycles. The fourth-order valence-electron chi connectivity index (χ4n) is 1.60. The number of carbonyl (C=O) groups excluding carboxylic acids is 3. The molecular weight excluding hydrogens is 220 g/mol. The fraction of sp³-hybridized carbons (Fsp3) is 0.750. The number of hydrogen-bond donors (Lipinski definition) is 2. The van der Waals surface area contributed by atoms with Crippen LogP contribution >= 0.6 is 0 Å². The van der Waals surface area contributed by atoms with Gasteiger partial charge < -0.3 is 5.32 Å². The van der Waals surface area contributed by atoms with Gasteiger partial charge in [-0.3, -0.25) is 19.7 Å². The lowest BCUT2D eigenvalue weighted by Gasteiger charge is -2.20. The molecule has 1 saturated heterocycles. The highest BCUT2D eigenvalue weighted by atomic mass is 16.2. The lowest BCUT2D eigenvalue weighted by molar-refractivity contribution is -0.148. The predicted molar refractivity (Wildman–Crippen MR) is 63.3 cm³/mol. The van der Waals surface area contributed by atoms with Gasteiger partial charge in [-0.15, -0.1) is 0 Å². The van der Waals surface area contributed by atoms with Gasteiger partial charge >= 0.3 is 0 Å². The van der Waals surface area contributed by atoms with Crippen molar-refractivity contribution in [2.45, 2.75) is 46.2 Å². The van der Waals surface area contributed by atoms with Crippen LogP contribution in [0.25, 0.3) is 0 Å². The standard InChI is InChI=1S/C12H20N2O3/c1-4-12(2,3)10(16)9(15)11(17)14-8-6-5-7-13-8/h8,13H,4-7H2,1-3H3,(H,14,17). The molecule has 2 N–H and O–H groups in total. The van der Waals surface area contributed by atoms with Crippen LogP contribution < -0.4 is 10.6 Å². The third kappa shape index (κ3) is 3.36. The van der Waals surface area contributed by atoms with Crippen molar-refractivity contribution in [3.63, 3.8) is 0 Å². The molecule has 1 atom stereocenters. The third-order valence-electron chi connectivity index (χ3n) is 3.28. The second-order valence-corrected chi connectivity index (χ2v) is 5.02. The number of amides is 1. The number of hydrogen-bond acceptors (Lipinski definition) is 4. The molecule has 0 saturated carbocycles. The third-order valence-corrected chi connectivity index (χ3v) is 3.28. The molecule has 0 spiro atoms. The maximum absolute atomic E-state index is 11.8. The summed E-state index contributed by atoms with van der Waals surface area (Å²) >= 11 is 0. The molecule has 1 unspecified atom stereocenters. The molecule has 0 bridgehead atoms. The van der Waals surface area contributed by atoms with Crippen molar-refractivity contribution in [2.75, 3.05) is 6.54 Å². The summed E-state index contributed by atoms with van der Waals surface area (Å²) < 4.78 is 0. The summed E-state index contributed by atoms with van der Waals surface area (Å²) in [5, 5.41) is 5.57. The summed E-state index contributed by atoms with van der Waals surface area (Å²) in [5.74, 6) is -2.35. The first-order valence-electron chi connectivity index (χ1n) is 6.01. The Balaban J connectivity index is 2.57. The first-order chi connectivity index (χ1) is 7.88. The lowest BCUT2D eigenvalue weighted by Crippen LogP contribution is -2.48. The van der Waals surface area contributed by atoms with Crippen LogP contribution in [0.2, 0.25) is 0 Å². The van der Waals surface area contributed by atoms with Gasteiger partial charge in [-0.05, 0) is 25.8 Å². The van der Waals surface area contributed by atoms with Crippen molar-refractivity contribution < 1.29 is 14.4 Å². The van der Waals surface area contributed by atoms with Crippen molar-refractivity contribution >= 4 is 17.5 Å². The molecule has 0 aromatic carbocycles. The van der Waals surface area contributed by atoms with Crippen molar-refractivity contribution in [3.05, 3.63) is 0 Å². The minimum absolute atomic E-state index is 0.177. The molecule has 1 heterocycles. The van der Waals surface area contributed by atoms with E-state index in [0.29, 0.717) is 6.42 Å². The minimum Gasteiger partial charge on any atom is -0.334 e. The quantitative estimate of drug-likeness (QED) is 0.538. The molecule has 1 fully saturated rings. The molecular formula is C12H20N2O3. The molecule has 1 rings (SSSR count). The van der Waals surface area contributed by atoms with E-state index in [9.17, 15) is 14.4 Å². The van der Waals surface area contributed by atoms with Crippen LogP contribution in [0.15, 0.2) is 0 Å². The first-order valence-corrected chi connectivity index (χ1v) is 6.01. The van der Waals surface area contributed by atoms with Crippen LogP contribution in [0.4, 0.5) is 0 Å². The summed E-state index contributed by atoms with van der Waals surface area (Å²) in [6, 6.07) is 0. The molecule has 0 aliphatic carbocycles. The summed E-state index contributed by atoms with van der Waals surface area (Å²) in [6.45, 7) is 6.00. The molecule has 0 aromatic heterocycles. The Labute approximate surface area is 101 Å². The monoisotopic (exact) mass is 240 g/mol. The van der Waals surface area contributed by atoms with Crippen LogP contribution in [0.1, 0.15) is 40.0 Å². The summed E-state index contributed by atoms with van der Waals surface area (Å²) in [4.78, 5) is 35.0. The van der Waals surface area contributed by atoms with Crippen LogP contribution in [-0.2, 0) is 14.4 Å². The second kappa shape index (κ2) is 5.40. The largest absolute Gasteiger partial charge is 0.334 e. The van der Waals surface area contributed by atoms with Crippen molar-refractivity contribution in [2.24, 2.45) is 5.41 Å². The van der Waals surface area contributed by atoms with E-state index in [1.54, 1.807) is 13.8 Å². The number of rotatable bonds is 5. The average molecular weight is 240 g/mol. The van der Waals surface area contributed by atoms with E-state index in [1.165, 1.54) is 0 Å². The molecule has 5 heteroatoms. The number of Topliss-reactive ketones (excluding diaryl/α,β-unsaturated/α-hetero) is 2. The number of ketones is 2. The van der Waals surface area contributed by atoms with Gasteiger partial charge in [0.05, 0.1) is 6.17 Å². The summed E-state index contributed by atoms with van der Waals surface area (Å²) in [6.07, 6.45) is 2.12. The summed E-state index contributed by atoms with van der Waals surface area (Å²) in [5.41, 5.74) is -0.766. The predicted octanol–water partition coefficient (Wildman–Crippen LogP) is 0.386. The van der Waals surface area contributed by atoms with E-state index in [2.05, 4.69) is 10.6 Å². The van der Waals surface area contributed by atoms with Gasteiger partial charge in [-0.1, -0.05) is 20.8 Å². The van der Waals surface area contributed by atoms with Gasteiger partial charge in [0.25, 0.3) is 11.7 Å². The molecule has 5 nitrogen and oxygen atoms in total. The summed E-state index contributed by atoms with van der Waals surface area (Å²) in [7, 11) is 0. The van der Waals surface area contributed by atoms with E-state index in [0.717, 1.165) is 19.4 Å². The molecule has 17 heavy (non-hydrogen) atoms. The normalized spacial score (nSPS) is 20.1. The topological polar surface area (TPSA) is 75.3 Å². The number of carbonyl (C=O) groups is 3. The van der Waals surface area contributed by atoms with Gasteiger partial charge in [0.2, 0.25) is 5.78 Å². The smallest absolute Gasteiger partial charge is 0.296 e. The Hall–Kier alpha value is -1.23. The highest BCUT2D eigenvalue weighted by Crippen LogP contribution is 2.21. The van der Waals surface area contributed by atoms with Gasteiger partial charge in [0.1, 0.15) is 0 Å². The van der Waals surface area contributed by atoms with Crippen LogP contribution in [-0.4, -0.2) is 30.2 Å². The van der Waals surface area contributed by atoms with E-state index in [1.807, 2.05) is 6.92 Å². The van der Waals surface area contributed by atoms with E-state index >= 15 is 0 Å². The molecule has 1 aliphatic rings. The second-order valence-electron chi connectivity index (χ2n) is 5.02. The SMILES string of the molecule is CCC(C)(C)C(=O)C(=O)C(=O)NC1CCCN1. The van der Waals surface area contributed by atoms with Gasteiger partial charge in [-0.2, -0.15) is 0 Å². The van der Waals surface area contributed by atoms with Crippen molar-refractivity contribution in [1.29, 1.82) is 0 Å². The Bertz CT molecular complexity index is 331. The fourth-order valence-corrected chi connectivity index (χ4v) is 1.60. The van der Waals surface area contributed by atoms with E-state index in [4.69, 9.17) is 0 Å². The molecule has 0 aromatic rings. The zero-order valence-electron chi connectivity index (χ0n) is 10.6. The average Bonchev–Trinajstić information content (AvgIpc) is 2.79. The maximum Gasteiger partial charge on any atom is 0.296 e. The molecule has 1 amide bonds. The van der Waals surface area contributed by atoms with Gasteiger partial charge in [0.15, 0.2) is 0 Å². The zero-order chi connectivity index (χ0) is 13.1. The van der Waals surface area contributed by atoms with Crippen molar-refractivity contribution in [1.82, 2.24) is 10.6 Å². The van der Waals surface area contributed by atoms with Crippen molar-refractivity contribution in [3.8, 4) is 0 Å². The Morgan fingerprint density at radius 3 is 2.47 bits per heavy atom. The molecule has 96 valence electrons. The maximum atomic E-state index is 11.8. The minimum atomic E-state index is -0.939. The van der Waals surface area contributed by atoms with Crippen LogP contribution in [0, 0.1) is 5.41 Å². The van der Waals surface area contributed by atoms with Gasteiger partial charge in [-0.25, -0.2) is 0 Å². The zero-order valence-corrected chi connectivity index (χ0v) is 10.6. The Kier molecular flexibility index (Phi) is 4.40. The van der Waals surface area contributed by atoms with E-state index < -0.39 is 22.9 Å². The number of nitrogens with one attached hydrogen (secondary N) is 2. The first kappa shape index (κ1) is 13.8. The lowest BCUT2D eigenvalue weighted by atomic mass is 9.83. The van der Waals surface area contributed by atoms with Crippen LogP contribution in [0.3, 0.4) is 0 Å².